The fourth-order valence-corrected chi connectivity index (χ4v) is 0.941. The van der Waals surface area contributed by atoms with Crippen LogP contribution in [-0.4, -0.2) is 43.9 Å². The van der Waals surface area contributed by atoms with Crippen molar-refractivity contribution in [3.05, 3.63) is 0 Å². The first-order valence-electron chi connectivity index (χ1n) is 5.60. The van der Waals surface area contributed by atoms with Crippen molar-refractivity contribution in [1.29, 1.82) is 0 Å². The van der Waals surface area contributed by atoms with E-state index < -0.39 is 11.7 Å². The van der Waals surface area contributed by atoms with Gasteiger partial charge < -0.3 is 20.1 Å². The van der Waals surface area contributed by atoms with Gasteiger partial charge in [0.1, 0.15) is 5.60 Å². The molecule has 0 aliphatic rings. The largest absolute Gasteiger partial charge is 0.444 e. The molecule has 0 saturated carbocycles. The predicted octanol–water partition coefficient (Wildman–Crippen LogP) is 0.664. The Morgan fingerprint density at radius 3 is 2.06 bits per heavy atom. The van der Waals surface area contributed by atoms with Crippen molar-refractivity contribution in [3.8, 4) is 0 Å². The summed E-state index contributed by atoms with van der Waals surface area (Å²) in [7, 11) is 0. The lowest BCUT2D eigenvalue weighted by molar-refractivity contribution is -0.119. The number of amides is 2. The molecule has 0 aromatic heterocycles. The highest BCUT2D eigenvalue weighted by molar-refractivity contribution is 5.72. The average molecular weight is 246 g/mol. The molecule has 2 N–H and O–H groups in total. The number of hydrogen-bond acceptors (Lipinski definition) is 4. The van der Waals surface area contributed by atoms with Crippen molar-refractivity contribution >= 4 is 12.0 Å². The van der Waals surface area contributed by atoms with Crippen molar-refractivity contribution in [3.63, 3.8) is 0 Å². The summed E-state index contributed by atoms with van der Waals surface area (Å²) in [6, 6.07) is 0. The molecule has 0 radical (unpaired) electrons. The molecular weight excluding hydrogens is 224 g/mol. The molecule has 0 aliphatic carbocycles. The Bertz CT molecular complexity index is 248. The highest BCUT2D eigenvalue weighted by Crippen LogP contribution is 2.05. The lowest BCUT2D eigenvalue weighted by Crippen LogP contribution is -2.34. The van der Waals surface area contributed by atoms with Crippen LogP contribution in [0.2, 0.25) is 0 Å². The minimum atomic E-state index is -0.490. The zero-order valence-corrected chi connectivity index (χ0v) is 11.0. The van der Waals surface area contributed by atoms with Crippen LogP contribution in [0.15, 0.2) is 0 Å². The summed E-state index contributed by atoms with van der Waals surface area (Å²) in [5.41, 5.74) is -0.490. The third-order valence-electron chi connectivity index (χ3n) is 1.53. The number of carbonyl (C=O) groups is 2. The molecule has 0 unspecified atom stereocenters. The quantitative estimate of drug-likeness (QED) is 0.675. The zero-order valence-electron chi connectivity index (χ0n) is 11.0. The third kappa shape index (κ3) is 12.6. The molecule has 0 aliphatic heterocycles. The van der Waals surface area contributed by atoms with Crippen molar-refractivity contribution in [1.82, 2.24) is 10.6 Å². The van der Waals surface area contributed by atoms with E-state index in [0.717, 1.165) is 0 Å². The van der Waals surface area contributed by atoms with E-state index in [9.17, 15) is 9.59 Å². The van der Waals surface area contributed by atoms with Crippen molar-refractivity contribution in [2.45, 2.75) is 33.3 Å². The van der Waals surface area contributed by atoms with Gasteiger partial charge in [-0.1, -0.05) is 0 Å². The molecule has 0 bridgehead atoms. The number of carbonyl (C=O) groups excluding carboxylic acids is 2. The van der Waals surface area contributed by atoms with Gasteiger partial charge in [-0.05, 0) is 20.8 Å². The maximum Gasteiger partial charge on any atom is 0.407 e. The molecule has 6 nitrogen and oxygen atoms in total. The standard InChI is InChI=1S/C11H22N2O4/c1-9(14)12-5-7-16-8-6-13-10(15)17-11(2,3)4/h5-8H2,1-4H3,(H,12,14)(H,13,15). The first-order valence-corrected chi connectivity index (χ1v) is 5.60. The van der Waals surface area contributed by atoms with Gasteiger partial charge in [-0.2, -0.15) is 0 Å². The first kappa shape index (κ1) is 15.7. The van der Waals surface area contributed by atoms with E-state index in [2.05, 4.69) is 10.6 Å². The van der Waals surface area contributed by atoms with Gasteiger partial charge in [-0.3, -0.25) is 4.79 Å². The van der Waals surface area contributed by atoms with Crippen LogP contribution in [-0.2, 0) is 14.3 Å². The zero-order chi connectivity index (χ0) is 13.3. The summed E-state index contributed by atoms with van der Waals surface area (Å²) >= 11 is 0. The third-order valence-corrected chi connectivity index (χ3v) is 1.53. The highest BCUT2D eigenvalue weighted by Gasteiger charge is 2.15. The molecule has 0 atom stereocenters. The SMILES string of the molecule is CC(=O)NCCOCCNC(=O)OC(C)(C)C. The molecule has 0 aromatic rings. The van der Waals surface area contributed by atoms with Crippen LogP contribution < -0.4 is 10.6 Å². The van der Waals surface area contributed by atoms with E-state index in [0.29, 0.717) is 26.3 Å². The second-order valence-electron chi connectivity index (χ2n) is 4.52. The minimum Gasteiger partial charge on any atom is -0.444 e. The van der Waals surface area contributed by atoms with Gasteiger partial charge in [0.25, 0.3) is 0 Å². The molecule has 0 saturated heterocycles. The highest BCUT2D eigenvalue weighted by atomic mass is 16.6. The van der Waals surface area contributed by atoms with Crippen molar-refractivity contribution in [2.24, 2.45) is 0 Å². The van der Waals surface area contributed by atoms with E-state index in [1.807, 2.05) is 0 Å². The fourth-order valence-electron chi connectivity index (χ4n) is 0.941. The molecule has 100 valence electrons. The van der Waals surface area contributed by atoms with Gasteiger partial charge in [0.15, 0.2) is 0 Å². The summed E-state index contributed by atoms with van der Waals surface area (Å²) < 4.78 is 10.2. The molecule has 0 heterocycles. The molecule has 0 spiro atoms. The van der Waals surface area contributed by atoms with Crippen LogP contribution in [0, 0.1) is 0 Å². The summed E-state index contributed by atoms with van der Waals surface area (Å²) in [6.45, 7) is 8.53. The van der Waals surface area contributed by atoms with Gasteiger partial charge in [0.2, 0.25) is 5.91 Å². The monoisotopic (exact) mass is 246 g/mol. The Labute approximate surface area is 102 Å². The van der Waals surface area contributed by atoms with Gasteiger partial charge in [0, 0.05) is 20.0 Å². The number of alkyl carbamates (subject to hydrolysis) is 1. The summed E-state index contributed by atoms with van der Waals surface area (Å²) in [4.78, 5) is 21.7. The maximum atomic E-state index is 11.2. The van der Waals surface area contributed by atoms with E-state index >= 15 is 0 Å². The molecule has 17 heavy (non-hydrogen) atoms. The van der Waals surface area contributed by atoms with Crippen LogP contribution >= 0.6 is 0 Å². The Hall–Kier alpha value is -1.30. The number of hydrogen-bond donors (Lipinski definition) is 2. The van der Waals surface area contributed by atoms with E-state index in [-0.39, 0.29) is 5.91 Å². The summed E-state index contributed by atoms with van der Waals surface area (Å²) in [6.07, 6.45) is -0.456. The smallest absolute Gasteiger partial charge is 0.407 e. The fraction of sp³-hybridized carbons (Fsp3) is 0.818. The average Bonchev–Trinajstić information content (AvgIpc) is 2.12. The van der Waals surface area contributed by atoms with Crippen molar-refractivity contribution in [2.75, 3.05) is 26.3 Å². The molecule has 2 amide bonds. The Morgan fingerprint density at radius 2 is 1.59 bits per heavy atom. The molecule has 0 aromatic carbocycles. The number of ether oxygens (including phenoxy) is 2. The Kier molecular flexibility index (Phi) is 7.29. The van der Waals surface area contributed by atoms with Gasteiger partial charge in [-0.15, -0.1) is 0 Å². The Morgan fingerprint density at radius 1 is 1.06 bits per heavy atom. The van der Waals surface area contributed by atoms with Crippen LogP contribution in [0.5, 0.6) is 0 Å². The van der Waals surface area contributed by atoms with E-state index in [1.54, 1.807) is 20.8 Å². The predicted molar refractivity (Wildman–Crippen MR) is 63.7 cm³/mol. The molecule has 0 rings (SSSR count). The number of rotatable bonds is 6. The second-order valence-corrected chi connectivity index (χ2v) is 4.52. The van der Waals surface area contributed by atoms with Crippen LogP contribution in [0.4, 0.5) is 4.79 Å². The topological polar surface area (TPSA) is 76.7 Å². The first-order chi connectivity index (χ1) is 7.81. The van der Waals surface area contributed by atoms with E-state index in [1.165, 1.54) is 6.92 Å². The maximum absolute atomic E-state index is 11.2. The lowest BCUT2D eigenvalue weighted by Gasteiger charge is -2.19. The van der Waals surface area contributed by atoms with Gasteiger partial charge in [-0.25, -0.2) is 4.79 Å². The van der Waals surface area contributed by atoms with Gasteiger partial charge in [0.05, 0.1) is 13.2 Å². The minimum absolute atomic E-state index is 0.0829. The second kappa shape index (κ2) is 7.89. The molecule has 6 heteroatoms. The lowest BCUT2D eigenvalue weighted by atomic mass is 10.2. The van der Waals surface area contributed by atoms with Gasteiger partial charge >= 0.3 is 6.09 Å². The summed E-state index contributed by atoms with van der Waals surface area (Å²) in [5, 5.41) is 5.17. The Balaban J connectivity index is 3.34. The normalized spacial score (nSPS) is 10.8. The van der Waals surface area contributed by atoms with Crippen molar-refractivity contribution < 1.29 is 19.1 Å². The van der Waals surface area contributed by atoms with Crippen LogP contribution in [0.25, 0.3) is 0 Å². The van der Waals surface area contributed by atoms with Crippen LogP contribution in [0.1, 0.15) is 27.7 Å². The van der Waals surface area contributed by atoms with Crippen LogP contribution in [0.3, 0.4) is 0 Å². The molecule has 0 fully saturated rings. The molecular formula is C11H22N2O4. The van der Waals surface area contributed by atoms with E-state index in [4.69, 9.17) is 9.47 Å². The summed E-state index contributed by atoms with van der Waals surface area (Å²) in [5.74, 6) is -0.0829. The number of nitrogens with one attached hydrogen (secondary N) is 2.